The maximum Gasteiger partial charge on any atom is 0.268 e. The number of nitriles is 1. The summed E-state index contributed by atoms with van der Waals surface area (Å²) in [6, 6.07) is 6.31. The van der Waals surface area contributed by atoms with Gasteiger partial charge in [-0.25, -0.2) is 13.2 Å². The number of phenolic OH excluding ortho intramolecular Hbond substituents is 1. The number of likely N-dealkylation sites (N-methyl/N-ethyl adjacent to an activating group) is 1. The Morgan fingerprint density at radius 2 is 1.78 bits per heavy atom. The molecule has 0 saturated carbocycles. The van der Waals surface area contributed by atoms with E-state index in [1.54, 1.807) is 0 Å². The predicted octanol–water partition coefficient (Wildman–Crippen LogP) is 3.91. The second-order valence-corrected chi connectivity index (χ2v) is 5.96. The molecule has 0 atom stereocenters. The zero-order valence-electron chi connectivity index (χ0n) is 13.8. The molecule has 5 nitrogen and oxygen atoms in total. The first-order valence-electron chi connectivity index (χ1n) is 7.36. The minimum atomic E-state index is -1.38. The Morgan fingerprint density at radius 3 is 2.33 bits per heavy atom. The number of aliphatic hydroxyl groups is 1. The number of hydrogen-bond donors (Lipinski definition) is 2. The fraction of sp³-hybridized carbons (Fsp3) is 0.111. The summed E-state index contributed by atoms with van der Waals surface area (Å²) in [6.45, 7) is -0.276. The fourth-order valence-electron chi connectivity index (χ4n) is 2.23. The van der Waals surface area contributed by atoms with E-state index in [-0.39, 0.29) is 17.1 Å². The van der Waals surface area contributed by atoms with Gasteiger partial charge in [0.2, 0.25) is 0 Å². The smallest absolute Gasteiger partial charge is 0.268 e. The van der Waals surface area contributed by atoms with E-state index in [1.165, 1.54) is 25.2 Å². The van der Waals surface area contributed by atoms with Gasteiger partial charge in [0.1, 0.15) is 17.6 Å². The van der Waals surface area contributed by atoms with E-state index in [1.807, 2.05) is 0 Å². The molecule has 0 bridgehead atoms. The lowest BCUT2D eigenvalue weighted by Crippen LogP contribution is -2.28. The van der Waals surface area contributed by atoms with Gasteiger partial charge in [0, 0.05) is 29.7 Å². The molecule has 2 aromatic carbocycles. The molecule has 0 heterocycles. The van der Waals surface area contributed by atoms with Crippen LogP contribution >= 0.6 is 11.6 Å². The van der Waals surface area contributed by atoms with Crippen LogP contribution in [-0.2, 0) is 11.3 Å². The third-order valence-corrected chi connectivity index (χ3v) is 3.85. The maximum absolute atomic E-state index is 13.8. The monoisotopic (exact) mass is 396 g/mol. The van der Waals surface area contributed by atoms with Crippen molar-refractivity contribution in [3.8, 4) is 11.8 Å². The summed E-state index contributed by atoms with van der Waals surface area (Å²) in [5.74, 6) is -6.65. The molecule has 0 saturated heterocycles. The largest absolute Gasteiger partial charge is 0.506 e. The average Bonchev–Trinajstić information content (AvgIpc) is 2.62. The molecule has 0 radical (unpaired) electrons. The first kappa shape index (κ1) is 20.1. The standard InChI is InChI=1S/C18H12ClF3N2O3/c1-24(8-10-4-11(19)2-3-13(10)20)18(27)12(7-23)16(25)9-5-14(21)17(26)15(22)6-9/h2-6,25-26H,8H2,1H3/b16-12-. The topological polar surface area (TPSA) is 84.6 Å². The Labute approximate surface area is 157 Å². The highest BCUT2D eigenvalue weighted by molar-refractivity contribution is 6.30. The van der Waals surface area contributed by atoms with Crippen LogP contribution in [0.1, 0.15) is 11.1 Å². The van der Waals surface area contributed by atoms with Gasteiger partial charge in [0.15, 0.2) is 23.0 Å². The zero-order chi connectivity index (χ0) is 20.3. The Kier molecular flexibility index (Phi) is 5.98. The number of hydrogen-bond acceptors (Lipinski definition) is 4. The molecule has 0 fully saturated rings. The first-order chi connectivity index (χ1) is 12.6. The van der Waals surface area contributed by atoms with Crippen molar-refractivity contribution in [3.05, 3.63) is 69.5 Å². The van der Waals surface area contributed by atoms with Crippen LogP contribution in [0.5, 0.6) is 5.75 Å². The van der Waals surface area contributed by atoms with Crippen LogP contribution in [0.4, 0.5) is 13.2 Å². The number of phenols is 1. The van der Waals surface area contributed by atoms with Crippen molar-refractivity contribution < 1.29 is 28.2 Å². The Hall–Kier alpha value is -3.18. The summed E-state index contributed by atoms with van der Waals surface area (Å²) in [6.07, 6.45) is 0. The normalized spacial score (nSPS) is 11.6. The number of carbonyl (C=O) groups is 1. The quantitative estimate of drug-likeness (QED) is 0.466. The summed E-state index contributed by atoms with van der Waals surface area (Å²) < 4.78 is 40.7. The van der Waals surface area contributed by atoms with E-state index < -0.39 is 46.0 Å². The van der Waals surface area contributed by atoms with Gasteiger partial charge in [-0.05, 0) is 30.3 Å². The fourth-order valence-corrected chi connectivity index (χ4v) is 2.43. The summed E-state index contributed by atoms with van der Waals surface area (Å²) in [5.41, 5.74) is -1.27. The number of carbonyl (C=O) groups excluding carboxylic acids is 1. The molecule has 0 aliphatic carbocycles. The Bertz CT molecular complexity index is 963. The molecule has 0 unspecified atom stereocenters. The van der Waals surface area contributed by atoms with Crippen molar-refractivity contribution >= 4 is 23.3 Å². The molecule has 1 amide bonds. The van der Waals surface area contributed by atoms with Crippen LogP contribution in [-0.4, -0.2) is 28.1 Å². The predicted molar refractivity (Wildman–Crippen MR) is 91.1 cm³/mol. The summed E-state index contributed by atoms with van der Waals surface area (Å²) >= 11 is 5.78. The van der Waals surface area contributed by atoms with Crippen LogP contribution in [0.25, 0.3) is 5.76 Å². The van der Waals surface area contributed by atoms with Crippen molar-refractivity contribution in [1.82, 2.24) is 4.90 Å². The van der Waals surface area contributed by atoms with E-state index in [0.717, 1.165) is 11.0 Å². The summed E-state index contributed by atoms with van der Waals surface area (Å²) in [7, 11) is 1.24. The van der Waals surface area contributed by atoms with Crippen molar-refractivity contribution in [2.24, 2.45) is 0 Å². The van der Waals surface area contributed by atoms with E-state index >= 15 is 0 Å². The highest BCUT2D eigenvalue weighted by atomic mass is 35.5. The third kappa shape index (κ3) is 4.33. The third-order valence-electron chi connectivity index (χ3n) is 3.61. The number of nitrogens with zero attached hydrogens (tertiary/aromatic N) is 2. The Balaban J connectivity index is 2.38. The van der Waals surface area contributed by atoms with E-state index in [9.17, 15) is 28.3 Å². The molecule has 2 rings (SSSR count). The molecular weight excluding hydrogens is 385 g/mol. The number of aromatic hydroxyl groups is 1. The molecular formula is C18H12ClF3N2O3. The lowest BCUT2D eigenvalue weighted by molar-refractivity contribution is -0.126. The number of halogens is 4. The van der Waals surface area contributed by atoms with Gasteiger partial charge in [0.05, 0.1) is 0 Å². The molecule has 0 aromatic heterocycles. The number of benzene rings is 2. The van der Waals surface area contributed by atoms with Crippen LogP contribution in [0, 0.1) is 28.8 Å². The van der Waals surface area contributed by atoms with E-state index in [2.05, 4.69) is 0 Å². The molecule has 2 aromatic rings. The number of aliphatic hydroxyl groups excluding tert-OH is 1. The van der Waals surface area contributed by atoms with Crippen LogP contribution in [0.3, 0.4) is 0 Å². The molecule has 0 aliphatic heterocycles. The van der Waals surface area contributed by atoms with Gasteiger partial charge in [-0.15, -0.1) is 0 Å². The van der Waals surface area contributed by atoms with Gasteiger partial charge in [-0.2, -0.15) is 5.26 Å². The number of rotatable bonds is 4. The maximum atomic E-state index is 13.8. The molecule has 9 heteroatoms. The minimum Gasteiger partial charge on any atom is -0.506 e. The first-order valence-corrected chi connectivity index (χ1v) is 7.74. The molecule has 140 valence electrons. The van der Waals surface area contributed by atoms with Crippen LogP contribution in [0.15, 0.2) is 35.9 Å². The molecule has 2 N–H and O–H groups in total. The van der Waals surface area contributed by atoms with Crippen LogP contribution < -0.4 is 0 Å². The van der Waals surface area contributed by atoms with Crippen molar-refractivity contribution in [1.29, 1.82) is 5.26 Å². The summed E-state index contributed by atoms with van der Waals surface area (Å²) in [4.78, 5) is 13.3. The Morgan fingerprint density at radius 1 is 1.19 bits per heavy atom. The average molecular weight is 397 g/mol. The van der Waals surface area contributed by atoms with Gasteiger partial charge in [0.25, 0.3) is 5.91 Å². The lowest BCUT2D eigenvalue weighted by Gasteiger charge is -2.18. The molecule has 27 heavy (non-hydrogen) atoms. The number of amides is 1. The zero-order valence-corrected chi connectivity index (χ0v) is 14.6. The van der Waals surface area contributed by atoms with E-state index in [0.29, 0.717) is 12.1 Å². The minimum absolute atomic E-state index is 0.0665. The van der Waals surface area contributed by atoms with Gasteiger partial charge in [-0.1, -0.05) is 11.6 Å². The van der Waals surface area contributed by atoms with Crippen LogP contribution in [0.2, 0.25) is 5.02 Å². The van der Waals surface area contributed by atoms with Gasteiger partial charge in [-0.3, -0.25) is 4.79 Å². The summed E-state index contributed by atoms with van der Waals surface area (Å²) in [5, 5.41) is 28.6. The van der Waals surface area contributed by atoms with Crippen molar-refractivity contribution in [3.63, 3.8) is 0 Å². The van der Waals surface area contributed by atoms with Crippen molar-refractivity contribution in [2.45, 2.75) is 6.54 Å². The second-order valence-electron chi connectivity index (χ2n) is 5.52. The molecule has 0 aliphatic rings. The molecule has 0 spiro atoms. The van der Waals surface area contributed by atoms with E-state index in [4.69, 9.17) is 16.7 Å². The van der Waals surface area contributed by atoms with Crippen molar-refractivity contribution in [2.75, 3.05) is 7.05 Å². The van der Waals surface area contributed by atoms with Gasteiger partial charge >= 0.3 is 0 Å². The SMILES string of the molecule is CN(Cc1cc(Cl)ccc1F)C(=O)/C(C#N)=C(\O)c1cc(F)c(O)c(F)c1. The lowest BCUT2D eigenvalue weighted by atomic mass is 10.1. The second kappa shape index (κ2) is 8.01. The highest BCUT2D eigenvalue weighted by Crippen LogP contribution is 2.26. The highest BCUT2D eigenvalue weighted by Gasteiger charge is 2.23. The van der Waals surface area contributed by atoms with Gasteiger partial charge < -0.3 is 15.1 Å².